The van der Waals surface area contributed by atoms with Crippen molar-refractivity contribution in [3.8, 4) is 0 Å². The van der Waals surface area contributed by atoms with Gasteiger partial charge in [-0.2, -0.15) is 0 Å². The van der Waals surface area contributed by atoms with Gasteiger partial charge in [-0.3, -0.25) is 0 Å². The highest BCUT2D eigenvalue weighted by Gasteiger charge is 2.14. The molecule has 0 aliphatic rings. The van der Waals surface area contributed by atoms with Crippen molar-refractivity contribution in [1.82, 2.24) is 0 Å². The molecule has 0 nitrogen and oxygen atoms in total. The van der Waals surface area contributed by atoms with E-state index < -0.39 is 0 Å². The van der Waals surface area contributed by atoms with Gasteiger partial charge < -0.3 is 0 Å². The van der Waals surface area contributed by atoms with Gasteiger partial charge in [-0.1, -0.05) is 51.0 Å². The van der Waals surface area contributed by atoms with Crippen molar-refractivity contribution in [3.63, 3.8) is 0 Å². The topological polar surface area (TPSA) is 0 Å². The third kappa shape index (κ3) is 2.88. The molecule has 3 aromatic rings. The Morgan fingerprint density at radius 1 is 0.682 bits per heavy atom. The van der Waals surface area contributed by atoms with Crippen LogP contribution in [0, 0.1) is 7.14 Å². The van der Waals surface area contributed by atoms with E-state index >= 15 is 0 Å². The van der Waals surface area contributed by atoms with Crippen molar-refractivity contribution >= 4 is 66.7 Å². The monoisotopic (exact) mass is 514 g/mol. The van der Waals surface area contributed by atoms with E-state index in [1.807, 2.05) is 0 Å². The lowest BCUT2D eigenvalue weighted by atomic mass is 9.88. The molecule has 114 valence electrons. The van der Waals surface area contributed by atoms with Crippen LogP contribution in [0.15, 0.2) is 36.4 Å². The number of rotatable bonds is 4. The van der Waals surface area contributed by atoms with Gasteiger partial charge in [-0.15, -0.1) is 0 Å². The minimum Gasteiger partial charge on any atom is -0.0651 e. The molecule has 0 atom stereocenters. The summed E-state index contributed by atoms with van der Waals surface area (Å²) in [6.07, 6.45) is 4.75. The van der Waals surface area contributed by atoms with Crippen LogP contribution >= 0.6 is 45.2 Å². The summed E-state index contributed by atoms with van der Waals surface area (Å²) >= 11 is 4.92. The lowest BCUT2D eigenvalue weighted by Gasteiger charge is -2.18. The molecular weight excluding hydrogens is 494 g/mol. The molecule has 0 aliphatic carbocycles. The summed E-state index contributed by atoms with van der Waals surface area (Å²) in [6, 6.07) is 13.7. The highest BCUT2D eigenvalue weighted by atomic mass is 127. The fourth-order valence-corrected chi connectivity index (χ4v) is 4.33. The van der Waals surface area contributed by atoms with Crippen LogP contribution in [0.25, 0.3) is 21.5 Å². The van der Waals surface area contributed by atoms with Crippen molar-refractivity contribution in [2.24, 2.45) is 0 Å². The highest BCUT2D eigenvalue weighted by Crippen LogP contribution is 2.36. The molecule has 0 heterocycles. The Labute approximate surface area is 160 Å². The number of halogens is 2. The summed E-state index contributed by atoms with van der Waals surface area (Å²) in [7, 11) is 0. The number of hydrogen-bond acceptors (Lipinski definition) is 0. The van der Waals surface area contributed by atoms with Crippen molar-refractivity contribution in [2.75, 3.05) is 0 Å². The quantitative estimate of drug-likeness (QED) is 0.257. The van der Waals surface area contributed by atoms with E-state index in [4.69, 9.17) is 0 Å². The van der Waals surface area contributed by atoms with Gasteiger partial charge in [0, 0.05) is 7.14 Å². The predicted molar refractivity (Wildman–Crippen MR) is 115 cm³/mol. The SMILES string of the molecule is CCCc1c(CCC)c2cc(I)c(I)cc2c2ccccc12. The van der Waals surface area contributed by atoms with Gasteiger partial charge in [0.1, 0.15) is 0 Å². The number of fused-ring (bicyclic) bond motifs is 3. The van der Waals surface area contributed by atoms with E-state index in [1.165, 1.54) is 54.4 Å². The van der Waals surface area contributed by atoms with Gasteiger partial charge in [-0.25, -0.2) is 0 Å². The molecule has 0 saturated heterocycles. The number of aryl methyl sites for hydroxylation is 2. The fourth-order valence-electron chi connectivity index (χ4n) is 3.40. The molecule has 0 aliphatic heterocycles. The Morgan fingerprint density at radius 3 is 1.77 bits per heavy atom. The Kier molecular flexibility index (Phi) is 5.28. The molecule has 0 spiro atoms. The molecular formula is C20H20I2. The summed E-state index contributed by atoms with van der Waals surface area (Å²) in [6.45, 7) is 4.57. The zero-order valence-corrected chi connectivity index (χ0v) is 17.4. The first-order chi connectivity index (χ1) is 10.7. The van der Waals surface area contributed by atoms with Crippen LogP contribution in [0.5, 0.6) is 0 Å². The lowest BCUT2D eigenvalue weighted by Crippen LogP contribution is -1.99. The van der Waals surface area contributed by atoms with Gasteiger partial charge in [0.25, 0.3) is 0 Å². The van der Waals surface area contributed by atoms with Crippen LogP contribution < -0.4 is 0 Å². The minimum atomic E-state index is 1.17. The maximum Gasteiger partial charge on any atom is 0.0270 e. The average molecular weight is 514 g/mol. The van der Waals surface area contributed by atoms with E-state index in [-0.39, 0.29) is 0 Å². The van der Waals surface area contributed by atoms with Gasteiger partial charge in [0.15, 0.2) is 0 Å². The maximum absolute atomic E-state index is 2.47. The fraction of sp³-hybridized carbons (Fsp3) is 0.300. The second-order valence-corrected chi connectivity index (χ2v) is 8.14. The molecule has 0 saturated carbocycles. The Bertz CT molecular complexity index is 834. The summed E-state index contributed by atoms with van der Waals surface area (Å²) in [5.74, 6) is 0. The van der Waals surface area contributed by atoms with Crippen LogP contribution in [-0.4, -0.2) is 0 Å². The Balaban J connectivity index is 2.52. The summed E-state index contributed by atoms with van der Waals surface area (Å²) in [4.78, 5) is 0. The summed E-state index contributed by atoms with van der Waals surface area (Å²) < 4.78 is 2.71. The largest absolute Gasteiger partial charge is 0.0651 e. The van der Waals surface area contributed by atoms with Crippen LogP contribution in [0.4, 0.5) is 0 Å². The molecule has 3 aromatic carbocycles. The Morgan fingerprint density at radius 2 is 1.18 bits per heavy atom. The normalized spacial score (nSPS) is 11.5. The smallest absolute Gasteiger partial charge is 0.0270 e. The molecule has 22 heavy (non-hydrogen) atoms. The van der Waals surface area contributed by atoms with Crippen LogP contribution in [0.1, 0.15) is 37.8 Å². The van der Waals surface area contributed by atoms with Crippen molar-refractivity contribution < 1.29 is 0 Å². The van der Waals surface area contributed by atoms with Gasteiger partial charge in [-0.05, 0) is 103 Å². The van der Waals surface area contributed by atoms with Crippen LogP contribution in [0.3, 0.4) is 0 Å². The molecule has 0 N–H and O–H groups in total. The molecule has 2 heteroatoms. The van der Waals surface area contributed by atoms with Crippen LogP contribution in [-0.2, 0) is 12.8 Å². The Hall–Kier alpha value is -0.360. The van der Waals surface area contributed by atoms with Crippen molar-refractivity contribution in [2.45, 2.75) is 39.5 Å². The van der Waals surface area contributed by atoms with Crippen molar-refractivity contribution in [3.05, 3.63) is 54.7 Å². The van der Waals surface area contributed by atoms with Crippen molar-refractivity contribution in [1.29, 1.82) is 0 Å². The van der Waals surface area contributed by atoms with Gasteiger partial charge >= 0.3 is 0 Å². The number of benzene rings is 3. The molecule has 0 fully saturated rings. The minimum absolute atomic E-state index is 1.17. The third-order valence-corrected chi connectivity index (χ3v) is 7.11. The van der Waals surface area contributed by atoms with E-state index in [9.17, 15) is 0 Å². The van der Waals surface area contributed by atoms with Crippen LogP contribution in [0.2, 0.25) is 0 Å². The predicted octanol–water partition coefficient (Wildman–Crippen LogP) is 7.11. The highest BCUT2D eigenvalue weighted by molar-refractivity contribution is 14.1. The molecule has 0 bridgehead atoms. The van der Waals surface area contributed by atoms with E-state index in [2.05, 4.69) is 95.4 Å². The molecule has 0 radical (unpaired) electrons. The van der Waals surface area contributed by atoms with Gasteiger partial charge in [0.05, 0.1) is 0 Å². The zero-order chi connectivity index (χ0) is 15.7. The zero-order valence-electron chi connectivity index (χ0n) is 13.0. The summed E-state index contributed by atoms with van der Waals surface area (Å²) in [5, 5.41) is 5.75. The first-order valence-corrected chi connectivity index (χ1v) is 10.1. The molecule has 0 amide bonds. The average Bonchev–Trinajstić information content (AvgIpc) is 2.52. The molecule has 0 aromatic heterocycles. The standard InChI is InChI=1S/C20H20I2/c1-3-7-13-14(8-4-2)17-11-19(21)20(22)12-18(17)16-10-6-5-9-15(13)16/h5-6,9-12H,3-4,7-8H2,1-2H3. The third-order valence-electron chi connectivity index (χ3n) is 4.29. The molecule has 0 unspecified atom stereocenters. The van der Waals surface area contributed by atoms with E-state index in [1.54, 1.807) is 11.1 Å². The molecule has 3 rings (SSSR count). The van der Waals surface area contributed by atoms with E-state index in [0.717, 1.165) is 0 Å². The second-order valence-electron chi connectivity index (χ2n) is 5.81. The van der Waals surface area contributed by atoms with Gasteiger partial charge in [0.2, 0.25) is 0 Å². The number of hydrogen-bond donors (Lipinski definition) is 0. The summed E-state index contributed by atoms with van der Waals surface area (Å²) in [5.41, 5.74) is 3.15. The lowest BCUT2D eigenvalue weighted by molar-refractivity contribution is 0.874. The maximum atomic E-state index is 2.47. The second kappa shape index (κ2) is 7.04. The first kappa shape index (κ1) is 16.5. The van der Waals surface area contributed by atoms with E-state index in [0.29, 0.717) is 0 Å². The first-order valence-electron chi connectivity index (χ1n) is 7.98.